The van der Waals surface area contributed by atoms with E-state index < -0.39 is 0 Å². The summed E-state index contributed by atoms with van der Waals surface area (Å²) in [6.07, 6.45) is 4.10. The molecule has 2 rings (SSSR count). The van der Waals surface area contributed by atoms with Gasteiger partial charge >= 0.3 is 0 Å². The molecule has 100 valence electrons. The molecule has 0 aliphatic carbocycles. The lowest BCUT2D eigenvalue weighted by atomic mass is 10.00. The second kappa shape index (κ2) is 7.32. The van der Waals surface area contributed by atoms with Gasteiger partial charge in [0.1, 0.15) is 0 Å². The lowest BCUT2D eigenvalue weighted by Crippen LogP contribution is -2.23. The van der Waals surface area contributed by atoms with E-state index in [9.17, 15) is 0 Å². The second-order valence-corrected chi connectivity index (χ2v) is 5.34. The van der Waals surface area contributed by atoms with E-state index in [4.69, 9.17) is 17.3 Å². The molecular formula is C17H20ClN. The fraction of sp³-hybridized carbons (Fsp3) is 0.294. The molecule has 0 aromatic heterocycles. The largest absolute Gasteiger partial charge is 0.327 e. The van der Waals surface area contributed by atoms with Gasteiger partial charge in [-0.2, -0.15) is 0 Å². The maximum atomic E-state index is 6.18. The molecule has 19 heavy (non-hydrogen) atoms. The van der Waals surface area contributed by atoms with Gasteiger partial charge in [0.2, 0.25) is 0 Å². The summed E-state index contributed by atoms with van der Waals surface area (Å²) >= 11 is 6.14. The molecule has 0 spiro atoms. The Morgan fingerprint density at radius 3 is 2.37 bits per heavy atom. The Morgan fingerprint density at radius 2 is 1.63 bits per heavy atom. The summed E-state index contributed by atoms with van der Waals surface area (Å²) in [5, 5.41) is 0.820. The SMILES string of the molecule is NC(CCCc1ccccc1)Cc1ccccc1Cl. The fourth-order valence-corrected chi connectivity index (χ4v) is 2.47. The molecule has 0 amide bonds. The molecule has 1 unspecified atom stereocenters. The van der Waals surface area contributed by atoms with Crippen LogP contribution < -0.4 is 5.73 Å². The molecule has 0 aliphatic rings. The maximum absolute atomic E-state index is 6.18. The summed E-state index contributed by atoms with van der Waals surface area (Å²) in [4.78, 5) is 0. The minimum absolute atomic E-state index is 0.184. The number of nitrogens with two attached hydrogens (primary N) is 1. The molecule has 0 radical (unpaired) electrons. The van der Waals surface area contributed by atoms with Crippen LogP contribution in [0.5, 0.6) is 0 Å². The minimum atomic E-state index is 0.184. The van der Waals surface area contributed by atoms with Crippen molar-refractivity contribution in [3.63, 3.8) is 0 Å². The van der Waals surface area contributed by atoms with E-state index in [0.717, 1.165) is 36.3 Å². The number of halogens is 1. The zero-order chi connectivity index (χ0) is 13.5. The van der Waals surface area contributed by atoms with E-state index in [2.05, 4.69) is 30.3 Å². The molecule has 2 aromatic carbocycles. The highest BCUT2D eigenvalue weighted by molar-refractivity contribution is 6.31. The van der Waals surface area contributed by atoms with Gasteiger partial charge in [0.05, 0.1) is 0 Å². The molecule has 1 nitrogen and oxygen atoms in total. The van der Waals surface area contributed by atoms with Gasteiger partial charge in [0, 0.05) is 11.1 Å². The van der Waals surface area contributed by atoms with Crippen LogP contribution in [0.25, 0.3) is 0 Å². The van der Waals surface area contributed by atoms with Gasteiger partial charge in [-0.25, -0.2) is 0 Å². The molecule has 2 N–H and O–H groups in total. The molecular weight excluding hydrogens is 254 g/mol. The smallest absolute Gasteiger partial charge is 0.0438 e. The third-order valence-corrected chi connectivity index (χ3v) is 3.69. The first-order valence-electron chi connectivity index (χ1n) is 6.78. The Bertz CT molecular complexity index is 496. The summed E-state index contributed by atoms with van der Waals surface area (Å²) in [5.41, 5.74) is 8.71. The minimum Gasteiger partial charge on any atom is -0.327 e. The van der Waals surface area contributed by atoms with Crippen LogP contribution in [0.15, 0.2) is 54.6 Å². The number of aryl methyl sites for hydroxylation is 1. The molecule has 0 saturated carbocycles. The summed E-state index contributed by atoms with van der Waals surface area (Å²) in [6.45, 7) is 0. The highest BCUT2D eigenvalue weighted by Gasteiger charge is 2.06. The van der Waals surface area contributed by atoms with Gasteiger partial charge in [-0.1, -0.05) is 60.1 Å². The Labute approximate surface area is 120 Å². The second-order valence-electron chi connectivity index (χ2n) is 4.93. The van der Waals surface area contributed by atoms with Gasteiger partial charge < -0.3 is 5.73 Å². The van der Waals surface area contributed by atoms with E-state index in [1.54, 1.807) is 0 Å². The summed E-state index contributed by atoms with van der Waals surface area (Å²) < 4.78 is 0. The lowest BCUT2D eigenvalue weighted by molar-refractivity contribution is 0.580. The van der Waals surface area contributed by atoms with Crippen molar-refractivity contribution in [1.82, 2.24) is 0 Å². The van der Waals surface area contributed by atoms with Crippen LogP contribution in [0, 0.1) is 0 Å². The van der Waals surface area contributed by atoms with Gasteiger partial charge in [-0.3, -0.25) is 0 Å². The Kier molecular flexibility index (Phi) is 5.44. The average molecular weight is 274 g/mol. The highest BCUT2D eigenvalue weighted by Crippen LogP contribution is 2.17. The van der Waals surface area contributed by atoms with Gasteiger partial charge in [-0.05, 0) is 42.9 Å². The van der Waals surface area contributed by atoms with Crippen molar-refractivity contribution in [1.29, 1.82) is 0 Å². The summed E-state index contributed by atoms with van der Waals surface area (Å²) in [7, 11) is 0. The molecule has 0 saturated heterocycles. The fourth-order valence-electron chi connectivity index (χ4n) is 2.26. The van der Waals surface area contributed by atoms with Crippen LogP contribution in [0.1, 0.15) is 24.0 Å². The van der Waals surface area contributed by atoms with Crippen LogP contribution in [-0.4, -0.2) is 6.04 Å². The molecule has 1 atom stereocenters. The van der Waals surface area contributed by atoms with E-state index >= 15 is 0 Å². The van der Waals surface area contributed by atoms with Crippen LogP contribution in [0.3, 0.4) is 0 Å². The quantitative estimate of drug-likeness (QED) is 0.837. The standard InChI is InChI=1S/C17H20ClN/c18-17-12-5-4-10-15(17)13-16(19)11-6-9-14-7-2-1-3-8-14/h1-5,7-8,10,12,16H,6,9,11,13,19H2. The molecule has 2 aromatic rings. The van der Waals surface area contributed by atoms with Crippen molar-refractivity contribution in [2.45, 2.75) is 31.7 Å². The van der Waals surface area contributed by atoms with Crippen molar-refractivity contribution in [3.05, 3.63) is 70.7 Å². The van der Waals surface area contributed by atoms with Crippen molar-refractivity contribution in [2.24, 2.45) is 5.73 Å². The third kappa shape index (κ3) is 4.70. The lowest BCUT2D eigenvalue weighted by Gasteiger charge is -2.12. The number of rotatable bonds is 6. The highest BCUT2D eigenvalue weighted by atomic mass is 35.5. The molecule has 0 aliphatic heterocycles. The van der Waals surface area contributed by atoms with Crippen molar-refractivity contribution < 1.29 is 0 Å². The number of hydrogen-bond donors (Lipinski definition) is 1. The van der Waals surface area contributed by atoms with E-state index in [1.807, 2.05) is 24.3 Å². The predicted molar refractivity (Wildman–Crippen MR) is 82.5 cm³/mol. The van der Waals surface area contributed by atoms with Crippen molar-refractivity contribution in [3.8, 4) is 0 Å². The molecule has 0 heterocycles. The normalized spacial score (nSPS) is 12.3. The van der Waals surface area contributed by atoms with Crippen LogP contribution in [-0.2, 0) is 12.8 Å². The summed E-state index contributed by atoms with van der Waals surface area (Å²) in [5.74, 6) is 0. The molecule has 0 fully saturated rings. The van der Waals surface area contributed by atoms with Crippen molar-refractivity contribution in [2.75, 3.05) is 0 Å². The zero-order valence-electron chi connectivity index (χ0n) is 11.1. The van der Waals surface area contributed by atoms with Gasteiger partial charge in [0.25, 0.3) is 0 Å². The Balaban J connectivity index is 1.76. The Morgan fingerprint density at radius 1 is 0.947 bits per heavy atom. The van der Waals surface area contributed by atoms with E-state index in [0.29, 0.717) is 0 Å². The number of benzene rings is 2. The summed E-state index contributed by atoms with van der Waals surface area (Å²) in [6, 6.07) is 18.7. The zero-order valence-corrected chi connectivity index (χ0v) is 11.8. The maximum Gasteiger partial charge on any atom is 0.0438 e. The molecule has 0 bridgehead atoms. The van der Waals surface area contributed by atoms with Crippen LogP contribution >= 0.6 is 11.6 Å². The van der Waals surface area contributed by atoms with Crippen LogP contribution in [0.4, 0.5) is 0 Å². The van der Waals surface area contributed by atoms with Crippen LogP contribution in [0.2, 0.25) is 5.02 Å². The third-order valence-electron chi connectivity index (χ3n) is 3.32. The van der Waals surface area contributed by atoms with Gasteiger partial charge in [0.15, 0.2) is 0 Å². The molecule has 2 heteroatoms. The van der Waals surface area contributed by atoms with E-state index in [1.165, 1.54) is 5.56 Å². The van der Waals surface area contributed by atoms with Gasteiger partial charge in [-0.15, -0.1) is 0 Å². The topological polar surface area (TPSA) is 26.0 Å². The van der Waals surface area contributed by atoms with E-state index in [-0.39, 0.29) is 6.04 Å². The number of hydrogen-bond acceptors (Lipinski definition) is 1. The predicted octanol–water partition coefficient (Wildman–Crippen LogP) is 4.23. The first-order valence-corrected chi connectivity index (χ1v) is 7.16. The Hall–Kier alpha value is -1.31. The van der Waals surface area contributed by atoms with Crippen molar-refractivity contribution >= 4 is 11.6 Å². The average Bonchev–Trinajstić information content (AvgIpc) is 2.43. The first-order chi connectivity index (χ1) is 9.25. The first kappa shape index (κ1) is 14.1. The monoisotopic (exact) mass is 273 g/mol.